The van der Waals surface area contributed by atoms with E-state index in [9.17, 15) is 18.3 Å². The Balaban J connectivity index is 2.52. The Bertz CT molecular complexity index is 449. The lowest BCUT2D eigenvalue weighted by Gasteiger charge is -2.38. The molecule has 0 bridgehead atoms. The number of ether oxygens (including phenoxy) is 1. The first-order valence-electron chi connectivity index (χ1n) is 6.79. The summed E-state index contributed by atoms with van der Waals surface area (Å²) in [7, 11) is -3.19. The number of hydrogen-bond acceptors (Lipinski definition) is 5. The Hall–Kier alpha value is -0.820. The van der Waals surface area contributed by atoms with Gasteiger partial charge < -0.3 is 15.6 Å². The van der Waals surface area contributed by atoms with Crippen molar-refractivity contribution in [3.63, 3.8) is 0 Å². The fourth-order valence-corrected chi connectivity index (χ4v) is 4.33. The van der Waals surface area contributed by atoms with Crippen LogP contribution >= 0.6 is 0 Å². The van der Waals surface area contributed by atoms with Crippen molar-refractivity contribution in [1.29, 1.82) is 0 Å². The van der Waals surface area contributed by atoms with Crippen LogP contribution in [-0.4, -0.2) is 42.8 Å². The predicted molar refractivity (Wildman–Crippen MR) is 76.0 cm³/mol. The molecule has 7 heteroatoms. The minimum atomic E-state index is -3.19. The van der Waals surface area contributed by atoms with Crippen molar-refractivity contribution < 1.29 is 23.1 Å². The summed E-state index contributed by atoms with van der Waals surface area (Å²) < 4.78 is 27.7. The van der Waals surface area contributed by atoms with Crippen molar-refractivity contribution in [2.24, 2.45) is 11.7 Å². The average molecular weight is 307 g/mol. The molecule has 0 aliphatic heterocycles. The van der Waals surface area contributed by atoms with E-state index in [0.29, 0.717) is 25.2 Å². The Morgan fingerprint density at radius 2 is 1.90 bits per heavy atom. The van der Waals surface area contributed by atoms with Gasteiger partial charge in [0.1, 0.15) is 15.4 Å². The number of hydrogen-bond donors (Lipinski definition) is 2. The third-order valence-electron chi connectivity index (χ3n) is 3.72. The molecule has 3 N–H and O–H groups in total. The van der Waals surface area contributed by atoms with E-state index < -0.39 is 27.1 Å². The summed E-state index contributed by atoms with van der Waals surface area (Å²) in [4.78, 5) is 10.8. The van der Waals surface area contributed by atoms with E-state index in [1.54, 1.807) is 13.8 Å². The first kappa shape index (κ1) is 17.2. The van der Waals surface area contributed by atoms with Gasteiger partial charge in [0.2, 0.25) is 0 Å². The van der Waals surface area contributed by atoms with Crippen LogP contribution in [0.5, 0.6) is 0 Å². The molecule has 1 saturated carbocycles. The lowest BCUT2D eigenvalue weighted by atomic mass is 9.76. The van der Waals surface area contributed by atoms with Crippen molar-refractivity contribution in [3.8, 4) is 0 Å². The van der Waals surface area contributed by atoms with Crippen LogP contribution in [0.1, 0.15) is 46.0 Å². The molecule has 1 aliphatic rings. The monoisotopic (exact) mass is 307 g/mol. The summed E-state index contributed by atoms with van der Waals surface area (Å²) in [6.07, 6.45) is 3.36. The fraction of sp³-hybridized carbons (Fsp3) is 0.923. The van der Waals surface area contributed by atoms with Gasteiger partial charge in [-0.1, -0.05) is 0 Å². The molecule has 0 radical (unpaired) electrons. The number of sulfone groups is 1. The van der Waals surface area contributed by atoms with E-state index in [0.717, 1.165) is 19.1 Å². The Kier molecular flexibility index (Phi) is 5.08. The van der Waals surface area contributed by atoms with Crippen molar-refractivity contribution in [2.45, 2.75) is 57.2 Å². The van der Waals surface area contributed by atoms with Gasteiger partial charge in [0.25, 0.3) is 0 Å². The minimum Gasteiger partial charge on any atom is -0.444 e. The van der Waals surface area contributed by atoms with E-state index in [-0.39, 0.29) is 5.75 Å². The van der Waals surface area contributed by atoms with Crippen LogP contribution in [0.25, 0.3) is 0 Å². The van der Waals surface area contributed by atoms with E-state index in [1.807, 2.05) is 0 Å². The Labute approximate surface area is 120 Å². The summed E-state index contributed by atoms with van der Waals surface area (Å²) in [5, 5.41) is 10.3. The second-order valence-electron chi connectivity index (χ2n) is 6.62. The number of amides is 1. The maximum absolute atomic E-state index is 11.3. The molecule has 1 aliphatic carbocycles. The van der Waals surface area contributed by atoms with Crippen molar-refractivity contribution in [1.82, 2.24) is 0 Å². The molecule has 0 saturated heterocycles. The lowest BCUT2D eigenvalue weighted by molar-refractivity contribution is -0.0157. The summed E-state index contributed by atoms with van der Waals surface area (Å²) in [6, 6.07) is 0. The third kappa shape index (κ3) is 6.09. The normalized spacial score (nSPS) is 28.1. The average Bonchev–Trinajstić information content (AvgIpc) is 2.16. The second-order valence-corrected chi connectivity index (χ2v) is 8.76. The molecule has 6 nitrogen and oxygen atoms in total. The standard InChI is InChI=1S/C13H25NO5S/c1-12(2,19-11(14)15)8-10-4-6-13(16,7-5-10)9-20(3,17)18/h10,16H,4-9H2,1-3H3,(H2,14,15). The smallest absolute Gasteiger partial charge is 0.405 e. The number of rotatable bonds is 5. The first-order valence-corrected chi connectivity index (χ1v) is 8.85. The van der Waals surface area contributed by atoms with E-state index in [2.05, 4.69) is 0 Å². The molecule has 1 rings (SSSR count). The number of nitrogens with two attached hydrogens (primary N) is 1. The topological polar surface area (TPSA) is 107 Å². The zero-order chi connectivity index (χ0) is 15.6. The van der Waals surface area contributed by atoms with E-state index in [4.69, 9.17) is 10.5 Å². The summed E-state index contributed by atoms with van der Waals surface area (Å²) in [5.41, 5.74) is 3.28. The van der Waals surface area contributed by atoms with Gasteiger partial charge in [-0.3, -0.25) is 0 Å². The maximum atomic E-state index is 11.3. The molecule has 0 heterocycles. The zero-order valence-electron chi connectivity index (χ0n) is 12.4. The summed E-state index contributed by atoms with van der Waals surface area (Å²) >= 11 is 0. The molecule has 20 heavy (non-hydrogen) atoms. The van der Waals surface area contributed by atoms with Gasteiger partial charge in [0.15, 0.2) is 0 Å². The van der Waals surface area contributed by atoms with E-state index in [1.165, 1.54) is 0 Å². The SMILES string of the molecule is CC(C)(CC1CCC(O)(CS(C)(=O)=O)CC1)OC(N)=O. The van der Waals surface area contributed by atoms with Gasteiger partial charge in [0, 0.05) is 6.26 Å². The molecule has 1 fully saturated rings. The van der Waals surface area contributed by atoms with Crippen LogP contribution in [0.4, 0.5) is 4.79 Å². The number of carbonyl (C=O) groups is 1. The van der Waals surface area contributed by atoms with E-state index >= 15 is 0 Å². The van der Waals surface area contributed by atoms with Crippen molar-refractivity contribution in [2.75, 3.05) is 12.0 Å². The second kappa shape index (κ2) is 5.89. The van der Waals surface area contributed by atoms with Crippen molar-refractivity contribution >= 4 is 15.9 Å². The number of carbonyl (C=O) groups excluding carboxylic acids is 1. The molecule has 0 aromatic rings. The van der Waals surface area contributed by atoms with Gasteiger partial charge in [-0.05, 0) is 51.9 Å². The predicted octanol–water partition coefficient (Wildman–Crippen LogP) is 1.22. The first-order chi connectivity index (χ1) is 8.91. The Morgan fingerprint density at radius 3 is 2.30 bits per heavy atom. The summed E-state index contributed by atoms with van der Waals surface area (Å²) in [5.74, 6) is 0.109. The molecular formula is C13H25NO5S. The molecule has 0 aromatic heterocycles. The quantitative estimate of drug-likeness (QED) is 0.794. The maximum Gasteiger partial charge on any atom is 0.405 e. The highest BCUT2D eigenvalue weighted by atomic mass is 32.2. The highest BCUT2D eigenvalue weighted by Gasteiger charge is 2.38. The highest BCUT2D eigenvalue weighted by Crippen LogP contribution is 2.37. The van der Waals surface area contributed by atoms with Gasteiger partial charge in [-0.25, -0.2) is 13.2 Å². The molecule has 0 atom stereocenters. The van der Waals surface area contributed by atoms with Crippen LogP contribution in [0.2, 0.25) is 0 Å². The van der Waals surface area contributed by atoms with Gasteiger partial charge in [0.05, 0.1) is 11.4 Å². The molecule has 0 unspecified atom stereocenters. The van der Waals surface area contributed by atoms with Crippen LogP contribution < -0.4 is 5.73 Å². The number of aliphatic hydroxyl groups is 1. The minimum absolute atomic E-state index is 0.187. The molecule has 1 amide bonds. The van der Waals surface area contributed by atoms with Gasteiger partial charge >= 0.3 is 6.09 Å². The van der Waals surface area contributed by atoms with Gasteiger partial charge in [-0.2, -0.15) is 0 Å². The fourth-order valence-electron chi connectivity index (χ4n) is 3.06. The Morgan fingerprint density at radius 1 is 1.40 bits per heavy atom. The van der Waals surface area contributed by atoms with Crippen molar-refractivity contribution in [3.05, 3.63) is 0 Å². The largest absolute Gasteiger partial charge is 0.444 e. The molecular weight excluding hydrogens is 282 g/mol. The summed E-state index contributed by atoms with van der Waals surface area (Å²) in [6.45, 7) is 3.60. The lowest BCUT2D eigenvalue weighted by Crippen LogP contribution is -2.42. The third-order valence-corrected chi connectivity index (χ3v) is 4.79. The molecule has 0 aromatic carbocycles. The van der Waals surface area contributed by atoms with Crippen LogP contribution in [-0.2, 0) is 14.6 Å². The molecule has 118 valence electrons. The van der Waals surface area contributed by atoms with Crippen LogP contribution in [0.15, 0.2) is 0 Å². The van der Waals surface area contributed by atoms with Crippen LogP contribution in [0, 0.1) is 5.92 Å². The van der Waals surface area contributed by atoms with Gasteiger partial charge in [-0.15, -0.1) is 0 Å². The molecule has 0 spiro atoms. The van der Waals surface area contributed by atoms with Crippen LogP contribution in [0.3, 0.4) is 0 Å². The number of primary amides is 1. The highest BCUT2D eigenvalue weighted by molar-refractivity contribution is 7.90. The zero-order valence-corrected chi connectivity index (χ0v) is 13.2.